The fourth-order valence-corrected chi connectivity index (χ4v) is 3.95. The summed E-state index contributed by atoms with van der Waals surface area (Å²) in [6, 6.07) is 9.81. The smallest absolute Gasteiger partial charge is 0.270 e. The first-order chi connectivity index (χ1) is 12.4. The Bertz CT molecular complexity index is 931. The molecule has 0 aromatic heterocycles. The van der Waals surface area contributed by atoms with Gasteiger partial charge in [-0.15, -0.1) is 0 Å². The molecule has 134 valence electrons. The third kappa shape index (κ3) is 3.83. The van der Waals surface area contributed by atoms with Crippen LogP contribution in [0, 0.1) is 0 Å². The molecule has 0 unspecified atom stereocenters. The molecule has 2 aromatic carbocycles. The zero-order valence-corrected chi connectivity index (χ0v) is 16.7. The average Bonchev–Trinajstić information content (AvgIpc) is 2.87. The van der Waals surface area contributed by atoms with Crippen LogP contribution in [0.25, 0.3) is 6.08 Å². The maximum atomic E-state index is 12.8. The number of halogens is 2. The molecular formula is C18H13Cl2NO3S2. The highest BCUT2D eigenvalue weighted by Crippen LogP contribution is 2.38. The highest BCUT2D eigenvalue weighted by molar-refractivity contribution is 8.27. The zero-order valence-electron chi connectivity index (χ0n) is 13.5. The number of thiocarbonyl (C=S) groups is 1. The topological polar surface area (TPSA) is 49.8 Å². The Balaban J connectivity index is 1.92. The van der Waals surface area contributed by atoms with Crippen LogP contribution < -0.4 is 9.64 Å². The molecule has 1 heterocycles. The number of phenolic OH excluding ortho intramolecular Hbond substituents is 1. The van der Waals surface area contributed by atoms with Crippen LogP contribution in [0.15, 0.2) is 41.3 Å². The van der Waals surface area contributed by atoms with Crippen LogP contribution in [-0.2, 0) is 4.79 Å². The second-order valence-electron chi connectivity index (χ2n) is 5.28. The van der Waals surface area contributed by atoms with Gasteiger partial charge in [0.2, 0.25) is 0 Å². The van der Waals surface area contributed by atoms with Crippen molar-refractivity contribution in [2.45, 2.75) is 6.92 Å². The Hall–Kier alpha value is -1.73. The minimum absolute atomic E-state index is 0.0485. The number of carbonyl (C=O) groups is 1. The Morgan fingerprint density at radius 2 is 2.00 bits per heavy atom. The van der Waals surface area contributed by atoms with Crippen LogP contribution >= 0.6 is 47.2 Å². The van der Waals surface area contributed by atoms with E-state index in [2.05, 4.69) is 0 Å². The summed E-state index contributed by atoms with van der Waals surface area (Å²) >= 11 is 18.5. The van der Waals surface area contributed by atoms with Gasteiger partial charge < -0.3 is 9.84 Å². The second kappa shape index (κ2) is 7.88. The lowest BCUT2D eigenvalue weighted by Crippen LogP contribution is -2.27. The van der Waals surface area contributed by atoms with E-state index in [1.54, 1.807) is 36.4 Å². The molecular weight excluding hydrogens is 413 g/mol. The van der Waals surface area contributed by atoms with Gasteiger partial charge in [-0.1, -0.05) is 53.2 Å². The number of carbonyl (C=O) groups excluding carboxylic acids is 1. The molecule has 0 aliphatic carbocycles. The van der Waals surface area contributed by atoms with Crippen LogP contribution in [0.3, 0.4) is 0 Å². The standard InChI is InChI=1S/C18H13Cl2NO3S2/c1-2-24-15-7-10(3-6-14(15)22)8-16-17(23)21(18(25)26-16)11-4-5-12(19)13(20)9-11/h3-9,22H,2H2,1H3/b16-8-. The van der Waals surface area contributed by atoms with Crippen molar-refractivity contribution in [1.82, 2.24) is 0 Å². The van der Waals surface area contributed by atoms with Crippen LogP contribution in [-0.4, -0.2) is 21.9 Å². The van der Waals surface area contributed by atoms with Crippen molar-refractivity contribution in [3.8, 4) is 11.5 Å². The van der Waals surface area contributed by atoms with E-state index in [0.29, 0.717) is 37.3 Å². The summed E-state index contributed by atoms with van der Waals surface area (Å²) in [5.41, 5.74) is 1.28. The number of nitrogens with zero attached hydrogens (tertiary/aromatic N) is 1. The van der Waals surface area contributed by atoms with Gasteiger partial charge in [-0.25, -0.2) is 0 Å². The Morgan fingerprint density at radius 1 is 1.23 bits per heavy atom. The number of aromatic hydroxyl groups is 1. The van der Waals surface area contributed by atoms with Crippen molar-refractivity contribution in [3.05, 3.63) is 56.9 Å². The Labute approximate surface area is 170 Å². The minimum Gasteiger partial charge on any atom is -0.504 e. The third-order valence-corrected chi connectivity index (χ3v) is 5.58. The van der Waals surface area contributed by atoms with E-state index >= 15 is 0 Å². The van der Waals surface area contributed by atoms with Gasteiger partial charge in [-0.05, 0) is 48.9 Å². The normalized spacial score (nSPS) is 15.8. The highest BCUT2D eigenvalue weighted by Gasteiger charge is 2.33. The lowest BCUT2D eigenvalue weighted by atomic mass is 10.2. The number of benzene rings is 2. The summed E-state index contributed by atoms with van der Waals surface area (Å²) in [4.78, 5) is 14.7. The predicted octanol–water partition coefficient (Wildman–Crippen LogP) is 5.50. The van der Waals surface area contributed by atoms with E-state index in [0.717, 1.165) is 5.56 Å². The average molecular weight is 426 g/mol. The summed E-state index contributed by atoms with van der Waals surface area (Å²) in [7, 11) is 0. The molecule has 1 saturated heterocycles. The van der Waals surface area contributed by atoms with Gasteiger partial charge in [-0.3, -0.25) is 9.69 Å². The van der Waals surface area contributed by atoms with Crippen LogP contribution in [0.5, 0.6) is 11.5 Å². The lowest BCUT2D eigenvalue weighted by Gasteiger charge is -2.15. The number of rotatable bonds is 4. The molecule has 3 rings (SSSR count). The zero-order chi connectivity index (χ0) is 18.8. The van der Waals surface area contributed by atoms with E-state index < -0.39 is 0 Å². The number of thioether (sulfide) groups is 1. The Kier molecular flexibility index (Phi) is 5.77. The maximum absolute atomic E-state index is 12.8. The number of ether oxygens (including phenoxy) is 1. The number of hydrogen-bond acceptors (Lipinski definition) is 5. The number of anilines is 1. The van der Waals surface area contributed by atoms with Gasteiger partial charge in [-0.2, -0.15) is 0 Å². The molecule has 0 radical (unpaired) electrons. The summed E-state index contributed by atoms with van der Waals surface area (Å²) in [5.74, 6) is 0.165. The summed E-state index contributed by atoms with van der Waals surface area (Å²) < 4.78 is 5.78. The number of amides is 1. The molecule has 0 spiro atoms. The maximum Gasteiger partial charge on any atom is 0.270 e. The first-order valence-electron chi connectivity index (χ1n) is 7.59. The molecule has 0 bridgehead atoms. The molecule has 1 aliphatic heterocycles. The molecule has 2 aromatic rings. The monoisotopic (exact) mass is 425 g/mol. The molecule has 1 N–H and O–H groups in total. The van der Waals surface area contributed by atoms with Crippen molar-refractivity contribution < 1.29 is 14.6 Å². The number of phenols is 1. The minimum atomic E-state index is -0.246. The van der Waals surface area contributed by atoms with Gasteiger partial charge in [0.1, 0.15) is 0 Å². The highest BCUT2D eigenvalue weighted by atomic mass is 35.5. The lowest BCUT2D eigenvalue weighted by molar-refractivity contribution is -0.113. The first kappa shape index (κ1) is 19.0. The summed E-state index contributed by atoms with van der Waals surface area (Å²) in [6.07, 6.45) is 1.71. The number of hydrogen-bond donors (Lipinski definition) is 1. The SMILES string of the molecule is CCOc1cc(/C=C2\SC(=S)N(c3ccc(Cl)c(Cl)c3)C2=O)ccc1O. The molecule has 8 heteroatoms. The molecule has 1 amide bonds. The predicted molar refractivity (Wildman–Crippen MR) is 111 cm³/mol. The van der Waals surface area contributed by atoms with Crippen LogP contribution in [0.2, 0.25) is 10.0 Å². The van der Waals surface area contributed by atoms with Gasteiger partial charge in [0, 0.05) is 0 Å². The van der Waals surface area contributed by atoms with Gasteiger partial charge in [0.15, 0.2) is 15.8 Å². The van der Waals surface area contributed by atoms with Gasteiger partial charge in [0.25, 0.3) is 5.91 Å². The Morgan fingerprint density at radius 3 is 2.69 bits per heavy atom. The second-order valence-corrected chi connectivity index (χ2v) is 7.77. The van der Waals surface area contributed by atoms with Crippen LogP contribution in [0.4, 0.5) is 5.69 Å². The quantitative estimate of drug-likeness (QED) is 0.517. The van der Waals surface area contributed by atoms with Gasteiger partial charge in [0.05, 0.1) is 27.2 Å². The fraction of sp³-hybridized carbons (Fsp3) is 0.111. The van der Waals surface area contributed by atoms with E-state index in [1.807, 2.05) is 6.92 Å². The van der Waals surface area contributed by atoms with Crippen molar-refractivity contribution >= 4 is 69.2 Å². The molecule has 1 fully saturated rings. The van der Waals surface area contributed by atoms with Gasteiger partial charge >= 0.3 is 0 Å². The van der Waals surface area contributed by atoms with Crippen molar-refractivity contribution in [3.63, 3.8) is 0 Å². The largest absolute Gasteiger partial charge is 0.504 e. The van der Waals surface area contributed by atoms with E-state index in [4.69, 9.17) is 40.2 Å². The van der Waals surface area contributed by atoms with E-state index in [-0.39, 0.29) is 11.7 Å². The molecule has 1 aliphatic rings. The molecule has 4 nitrogen and oxygen atoms in total. The first-order valence-corrected chi connectivity index (χ1v) is 9.57. The van der Waals surface area contributed by atoms with Crippen molar-refractivity contribution in [1.29, 1.82) is 0 Å². The van der Waals surface area contributed by atoms with Crippen LogP contribution in [0.1, 0.15) is 12.5 Å². The summed E-state index contributed by atoms with van der Waals surface area (Å²) in [5, 5.41) is 10.5. The third-order valence-electron chi connectivity index (χ3n) is 3.54. The molecule has 0 saturated carbocycles. The van der Waals surface area contributed by atoms with Crippen molar-refractivity contribution in [2.24, 2.45) is 0 Å². The summed E-state index contributed by atoms with van der Waals surface area (Å²) in [6.45, 7) is 2.25. The fourth-order valence-electron chi connectivity index (χ4n) is 2.36. The van der Waals surface area contributed by atoms with Crippen molar-refractivity contribution in [2.75, 3.05) is 11.5 Å². The molecule has 0 atom stereocenters. The van der Waals surface area contributed by atoms with E-state index in [9.17, 15) is 9.90 Å². The van der Waals surface area contributed by atoms with E-state index in [1.165, 1.54) is 22.7 Å². The molecule has 26 heavy (non-hydrogen) atoms.